The van der Waals surface area contributed by atoms with Crippen LogP contribution in [0.4, 0.5) is 0 Å². The van der Waals surface area contributed by atoms with Gasteiger partial charge in [-0.3, -0.25) is 4.79 Å². The van der Waals surface area contributed by atoms with Crippen molar-refractivity contribution in [3.63, 3.8) is 0 Å². The van der Waals surface area contributed by atoms with E-state index in [1.807, 2.05) is 31.2 Å². The first-order chi connectivity index (χ1) is 12.1. The largest absolute Gasteiger partial charge is 0.454 e. The molecule has 1 unspecified atom stereocenters. The fraction of sp³-hybridized carbons (Fsp3) is 0.316. The third-order valence-corrected chi connectivity index (χ3v) is 4.84. The van der Waals surface area contributed by atoms with Crippen LogP contribution in [0.2, 0.25) is 10.0 Å². The molecule has 1 aliphatic rings. The predicted molar refractivity (Wildman–Crippen MR) is 98.4 cm³/mol. The molecule has 2 aromatic carbocycles. The third kappa shape index (κ3) is 4.39. The van der Waals surface area contributed by atoms with E-state index >= 15 is 0 Å². The normalized spacial score (nSPS) is 13.6. The van der Waals surface area contributed by atoms with Crippen molar-refractivity contribution in [1.82, 2.24) is 5.32 Å². The lowest BCUT2D eigenvalue weighted by molar-refractivity contribution is -0.125. The van der Waals surface area contributed by atoms with Crippen molar-refractivity contribution in [2.24, 2.45) is 5.92 Å². The molecule has 0 radical (unpaired) electrons. The number of fused-ring (bicyclic) bond motifs is 1. The lowest BCUT2D eigenvalue weighted by Crippen LogP contribution is -2.31. The molecule has 25 heavy (non-hydrogen) atoms. The van der Waals surface area contributed by atoms with Crippen LogP contribution in [-0.2, 0) is 17.8 Å². The van der Waals surface area contributed by atoms with E-state index in [-0.39, 0.29) is 18.6 Å². The van der Waals surface area contributed by atoms with Crippen LogP contribution >= 0.6 is 23.2 Å². The molecule has 0 fully saturated rings. The number of hydrogen-bond donors (Lipinski definition) is 1. The van der Waals surface area contributed by atoms with Crippen molar-refractivity contribution in [3.05, 3.63) is 57.6 Å². The molecule has 2 aromatic rings. The molecule has 1 aliphatic heterocycles. The SMILES string of the molecule is CCC(Cc1ccc(Cl)cc1Cl)C(=O)NCc1ccc2c(c1)OCO2. The van der Waals surface area contributed by atoms with Crippen molar-refractivity contribution in [2.75, 3.05) is 6.79 Å². The molecule has 0 saturated heterocycles. The number of halogens is 2. The highest BCUT2D eigenvalue weighted by Crippen LogP contribution is 2.32. The van der Waals surface area contributed by atoms with E-state index in [0.29, 0.717) is 28.8 Å². The van der Waals surface area contributed by atoms with E-state index in [1.54, 1.807) is 12.1 Å². The molecule has 3 rings (SSSR count). The molecule has 0 spiro atoms. The summed E-state index contributed by atoms with van der Waals surface area (Å²) in [6.07, 6.45) is 1.31. The van der Waals surface area contributed by atoms with Gasteiger partial charge in [-0.2, -0.15) is 0 Å². The van der Waals surface area contributed by atoms with Crippen molar-refractivity contribution in [1.29, 1.82) is 0 Å². The Kier molecular flexibility index (Phi) is 5.71. The first-order valence-electron chi connectivity index (χ1n) is 8.17. The van der Waals surface area contributed by atoms with Crippen LogP contribution in [-0.4, -0.2) is 12.7 Å². The predicted octanol–water partition coefficient (Wildman–Crippen LogP) is 4.61. The minimum Gasteiger partial charge on any atom is -0.454 e. The number of rotatable bonds is 6. The summed E-state index contributed by atoms with van der Waals surface area (Å²) in [5.41, 5.74) is 1.90. The maximum absolute atomic E-state index is 12.5. The van der Waals surface area contributed by atoms with Gasteiger partial charge in [0.05, 0.1) is 0 Å². The molecule has 6 heteroatoms. The third-order valence-electron chi connectivity index (χ3n) is 4.25. The van der Waals surface area contributed by atoms with Crippen molar-refractivity contribution < 1.29 is 14.3 Å². The second-order valence-corrected chi connectivity index (χ2v) is 6.79. The monoisotopic (exact) mass is 379 g/mol. The summed E-state index contributed by atoms with van der Waals surface area (Å²) in [5, 5.41) is 4.17. The molecule has 4 nitrogen and oxygen atoms in total. The maximum atomic E-state index is 12.5. The van der Waals surface area contributed by atoms with Crippen LogP contribution in [0.5, 0.6) is 11.5 Å². The molecule has 1 heterocycles. The minimum atomic E-state index is -0.146. The zero-order valence-electron chi connectivity index (χ0n) is 13.9. The van der Waals surface area contributed by atoms with Crippen molar-refractivity contribution in [2.45, 2.75) is 26.3 Å². The van der Waals surface area contributed by atoms with Crippen LogP contribution in [0, 0.1) is 5.92 Å². The van der Waals surface area contributed by atoms with E-state index in [1.165, 1.54) is 0 Å². The Morgan fingerprint density at radius 2 is 1.96 bits per heavy atom. The number of benzene rings is 2. The second-order valence-electron chi connectivity index (χ2n) is 5.95. The highest BCUT2D eigenvalue weighted by atomic mass is 35.5. The van der Waals surface area contributed by atoms with Crippen LogP contribution in [0.15, 0.2) is 36.4 Å². The fourth-order valence-corrected chi connectivity index (χ4v) is 3.25. The van der Waals surface area contributed by atoms with Gasteiger partial charge >= 0.3 is 0 Å². The molecule has 0 aromatic heterocycles. The first-order valence-corrected chi connectivity index (χ1v) is 8.92. The van der Waals surface area contributed by atoms with E-state index in [9.17, 15) is 4.79 Å². The number of hydrogen-bond acceptors (Lipinski definition) is 3. The van der Waals surface area contributed by atoms with Crippen molar-refractivity contribution >= 4 is 29.1 Å². The Morgan fingerprint density at radius 3 is 2.72 bits per heavy atom. The zero-order valence-corrected chi connectivity index (χ0v) is 15.4. The highest BCUT2D eigenvalue weighted by molar-refractivity contribution is 6.35. The van der Waals surface area contributed by atoms with Crippen LogP contribution in [0.25, 0.3) is 0 Å². The van der Waals surface area contributed by atoms with Gasteiger partial charge in [0.25, 0.3) is 0 Å². The molecule has 0 bridgehead atoms. The fourth-order valence-electron chi connectivity index (χ4n) is 2.76. The molecule has 1 atom stereocenters. The maximum Gasteiger partial charge on any atom is 0.231 e. The summed E-state index contributed by atoms with van der Waals surface area (Å²) >= 11 is 12.1. The highest BCUT2D eigenvalue weighted by Gasteiger charge is 2.19. The molecule has 1 N–H and O–H groups in total. The zero-order chi connectivity index (χ0) is 17.8. The van der Waals surface area contributed by atoms with Crippen LogP contribution in [0.1, 0.15) is 24.5 Å². The van der Waals surface area contributed by atoms with Crippen LogP contribution < -0.4 is 14.8 Å². The van der Waals surface area contributed by atoms with Gasteiger partial charge in [-0.05, 0) is 48.2 Å². The molecule has 132 valence electrons. The average molecular weight is 380 g/mol. The van der Waals surface area contributed by atoms with E-state index in [4.69, 9.17) is 32.7 Å². The van der Waals surface area contributed by atoms with E-state index in [2.05, 4.69) is 5.32 Å². The van der Waals surface area contributed by atoms with E-state index in [0.717, 1.165) is 23.3 Å². The number of ether oxygens (including phenoxy) is 2. The van der Waals surface area contributed by atoms with Crippen LogP contribution in [0.3, 0.4) is 0 Å². The smallest absolute Gasteiger partial charge is 0.231 e. The lowest BCUT2D eigenvalue weighted by atomic mass is 9.96. The van der Waals surface area contributed by atoms with Crippen molar-refractivity contribution in [3.8, 4) is 11.5 Å². The summed E-state index contributed by atoms with van der Waals surface area (Å²) < 4.78 is 10.6. The minimum absolute atomic E-state index is 0.00573. The van der Waals surface area contributed by atoms with Gasteiger partial charge in [0.1, 0.15) is 0 Å². The number of carbonyl (C=O) groups excluding carboxylic acids is 1. The molecular weight excluding hydrogens is 361 g/mol. The standard InChI is InChI=1S/C19H19Cl2NO3/c1-2-13(8-14-4-5-15(20)9-16(14)21)19(23)22-10-12-3-6-17-18(7-12)25-11-24-17/h3-7,9,13H,2,8,10-11H2,1H3,(H,22,23). The Labute approximate surface area is 157 Å². The Balaban J connectivity index is 1.60. The molecule has 1 amide bonds. The first kappa shape index (κ1) is 17.9. The summed E-state index contributed by atoms with van der Waals surface area (Å²) in [6.45, 7) is 2.68. The molecular formula is C19H19Cl2NO3. The summed E-state index contributed by atoms with van der Waals surface area (Å²) in [6, 6.07) is 11.0. The lowest BCUT2D eigenvalue weighted by Gasteiger charge is -2.16. The molecule has 0 saturated carbocycles. The van der Waals surface area contributed by atoms with Gasteiger partial charge in [-0.1, -0.05) is 42.3 Å². The number of amides is 1. The van der Waals surface area contributed by atoms with Gasteiger partial charge in [0.15, 0.2) is 11.5 Å². The van der Waals surface area contributed by atoms with Gasteiger partial charge in [0, 0.05) is 22.5 Å². The number of nitrogens with one attached hydrogen (secondary N) is 1. The second kappa shape index (κ2) is 7.98. The average Bonchev–Trinajstić information content (AvgIpc) is 3.07. The van der Waals surface area contributed by atoms with Gasteiger partial charge in [0.2, 0.25) is 12.7 Å². The number of carbonyl (C=O) groups is 1. The van der Waals surface area contributed by atoms with Gasteiger partial charge in [-0.15, -0.1) is 0 Å². The molecule has 0 aliphatic carbocycles. The Hall–Kier alpha value is -1.91. The summed E-state index contributed by atoms with van der Waals surface area (Å²) in [5.74, 6) is 1.31. The Bertz CT molecular complexity index is 779. The van der Waals surface area contributed by atoms with Gasteiger partial charge in [-0.25, -0.2) is 0 Å². The Morgan fingerprint density at radius 1 is 1.16 bits per heavy atom. The summed E-state index contributed by atoms with van der Waals surface area (Å²) in [4.78, 5) is 12.5. The summed E-state index contributed by atoms with van der Waals surface area (Å²) in [7, 11) is 0. The quantitative estimate of drug-likeness (QED) is 0.796. The van der Waals surface area contributed by atoms with Gasteiger partial charge < -0.3 is 14.8 Å². The van der Waals surface area contributed by atoms with E-state index < -0.39 is 0 Å². The topological polar surface area (TPSA) is 47.6 Å².